The highest BCUT2D eigenvalue weighted by Crippen LogP contribution is 2.58. The summed E-state index contributed by atoms with van der Waals surface area (Å²) >= 11 is 0. The van der Waals surface area contributed by atoms with Gasteiger partial charge in [0.25, 0.3) is 0 Å². The second kappa shape index (κ2) is 6.17. The maximum absolute atomic E-state index is 12.5. The molecule has 10 heteroatoms. The summed E-state index contributed by atoms with van der Waals surface area (Å²) in [6.45, 7) is 6.64. The van der Waals surface area contributed by atoms with Gasteiger partial charge >= 0.3 is 11.6 Å². The first-order valence-electron chi connectivity index (χ1n) is 6.47. The van der Waals surface area contributed by atoms with Crippen LogP contribution >= 0.6 is 10.9 Å². The molecular formula is C12H20F3NO5S. The molecule has 0 aromatic heterocycles. The molecule has 22 heavy (non-hydrogen) atoms. The van der Waals surface area contributed by atoms with Gasteiger partial charge in [-0.3, -0.25) is 9.11 Å². The van der Waals surface area contributed by atoms with Crippen molar-refractivity contribution in [2.45, 2.75) is 45.2 Å². The van der Waals surface area contributed by atoms with Gasteiger partial charge in [-0.05, 0) is 39.2 Å². The number of ether oxygens (including phenoxy) is 1. The van der Waals surface area contributed by atoms with Gasteiger partial charge in [-0.1, -0.05) is 6.92 Å². The number of allylic oxidation sites excluding steroid dienone is 1. The molecule has 0 aromatic rings. The lowest BCUT2D eigenvalue weighted by Crippen LogP contribution is -2.41. The first-order valence-corrected chi connectivity index (χ1v) is 7.95. The van der Waals surface area contributed by atoms with Gasteiger partial charge in [0.05, 0.1) is 0 Å². The van der Waals surface area contributed by atoms with Crippen molar-refractivity contribution in [1.82, 2.24) is 4.90 Å². The van der Waals surface area contributed by atoms with Gasteiger partial charge in [-0.15, -0.1) is 0 Å². The van der Waals surface area contributed by atoms with E-state index < -0.39 is 34.0 Å². The predicted molar refractivity (Wildman–Crippen MR) is 74.8 cm³/mol. The van der Waals surface area contributed by atoms with E-state index >= 15 is 0 Å². The summed E-state index contributed by atoms with van der Waals surface area (Å²) in [6, 6.07) is 0. The van der Waals surface area contributed by atoms with E-state index in [9.17, 15) is 18.0 Å². The molecule has 0 aromatic carbocycles. The Hall–Kier alpha value is -1.13. The molecule has 130 valence electrons. The van der Waals surface area contributed by atoms with Crippen LogP contribution < -0.4 is 0 Å². The molecule has 0 radical (unpaired) electrons. The van der Waals surface area contributed by atoms with Crippen LogP contribution in [0.1, 0.15) is 34.1 Å². The standard InChI is InChI=1S/C12H20F3NO5S/c1-8-5-6-9(21-22(18,19)12(13,14)15)16(7-8)10(17)20-11(2,3)4/h6,8,18-19H,5,7H2,1-4H3. The van der Waals surface area contributed by atoms with Gasteiger partial charge in [-0.2, -0.15) is 13.2 Å². The molecule has 1 aliphatic heterocycles. The topological polar surface area (TPSA) is 79.2 Å². The Morgan fingerprint density at radius 2 is 1.91 bits per heavy atom. The normalized spacial score (nSPS) is 21.2. The number of amides is 1. The lowest BCUT2D eigenvalue weighted by atomic mass is 10.0. The van der Waals surface area contributed by atoms with Crippen LogP contribution in [0.2, 0.25) is 0 Å². The highest BCUT2D eigenvalue weighted by atomic mass is 32.3. The zero-order valence-corrected chi connectivity index (χ0v) is 13.5. The number of carbonyl (C=O) groups excluding carboxylic acids is 1. The largest absolute Gasteiger partial charge is 0.504 e. The fraction of sp³-hybridized carbons (Fsp3) is 0.750. The first kappa shape index (κ1) is 18.9. The average Bonchev–Trinajstić information content (AvgIpc) is 2.27. The third-order valence-electron chi connectivity index (χ3n) is 2.57. The minimum Gasteiger partial charge on any atom is -0.443 e. The molecule has 2 N–H and O–H groups in total. The molecule has 0 saturated heterocycles. The summed E-state index contributed by atoms with van der Waals surface area (Å²) < 4.78 is 65.1. The van der Waals surface area contributed by atoms with Crippen LogP contribution in [-0.4, -0.2) is 37.8 Å². The van der Waals surface area contributed by atoms with E-state index in [0.717, 1.165) is 4.90 Å². The lowest BCUT2D eigenvalue weighted by Gasteiger charge is -2.36. The first-order chi connectivity index (χ1) is 9.73. The molecule has 0 fully saturated rings. The fourth-order valence-corrected chi connectivity index (χ4v) is 2.11. The summed E-state index contributed by atoms with van der Waals surface area (Å²) in [7, 11) is -5.34. The monoisotopic (exact) mass is 347 g/mol. The van der Waals surface area contributed by atoms with Crippen molar-refractivity contribution in [3.05, 3.63) is 12.0 Å². The molecule has 1 rings (SSSR count). The van der Waals surface area contributed by atoms with E-state index in [4.69, 9.17) is 13.8 Å². The van der Waals surface area contributed by atoms with Crippen LogP contribution in [0.4, 0.5) is 18.0 Å². The van der Waals surface area contributed by atoms with Crippen LogP contribution in [0, 0.1) is 5.92 Å². The Balaban J connectivity index is 2.97. The van der Waals surface area contributed by atoms with Crippen LogP contribution in [0.5, 0.6) is 0 Å². The molecule has 1 amide bonds. The fourth-order valence-electron chi connectivity index (χ4n) is 1.62. The van der Waals surface area contributed by atoms with E-state index in [1.807, 2.05) is 0 Å². The number of carbonyl (C=O) groups is 1. The van der Waals surface area contributed by atoms with Crippen LogP contribution in [0.15, 0.2) is 12.0 Å². The maximum Gasteiger partial charge on any atom is 0.504 e. The molecule has 1 unspecified atom stereocenters. The van der Waals surface area contributed by atoms with Gasteiger partial charge < -0.3 is 8.92 Å². The zero-order valence-electron chi connectivity index (χ0n) is 12.7. The van der Waals surface area contributed by atoms with Crippen LogP contribution in [-0.2, 0) is 8.92 Å². The van der Waals surface area contributed by atoms with Gasteiger partial charge in [0.1, 0.15) is 5.60 Å². The SMILES string of the molecule is CC1CC=C(OS(O)(O)C(F)(F)F)N(C(=O)OC(C)(C)C)C1. The maximum atomic E-state index is 12.5. The predicted octanol–water partition coefficient (Wildman–Crippen LogP) is 4.31. The summed E-state index contributed by atoms with van der Waals surface area (Å²) in [5, 5.41) is 0. The molecule has 0 spiro atoms. The van der Waals surface area contributed by atoms with Gasteiger partial charge in [0.15, 0.2) is 0 Å². The van der Waals surface area contributed by atoms with E-state index in [0.29, 0.717) is 6.42 Å². The number of halogens is 3. The van der Waals surface area contributed by atoms with E-state index in [1.54, 1.807) is 27.7 Å². The quantitative estimate of drug-likeness (QED) is 0.778. The van der Waals surface area contributed by atoms with Crippen molar-refractivity contribution in [3.63, 3.8) is 0 Å². The van der Waals surface area contributed by atoms with Crippen LogP contribution in [0.25, 0.3) is 0 Å². The molecule has 6 nitrogen and oxygen atoms in total. The Morgan fingerprint density at radius 1 is 1.36 bits per heavy atom. The Morgan fingerprint density at radius 3 is 2.36 bits per heavy atom. The van der Waals surface area contributed by atoms with Crippen molar-refractivity contribution < 1.29 is 36.0 Å². The van der Waals surface area contributed by atoms with E-state index in [1.165, 1.54) is 6.08 Å². The molecule has 1 aliphatic rings. The van der Waals surface area contributed by atoms with Gasteiger partial charge in [0.2, 0.25) is 16.8 Å². The van der Waals surface area contributed by atoms with Crippen molar-refractivity contribution in [2.24, 2.45) is 5.92 Å². The summed E-state index contributed by atoms with van der Waals surface area (Å²) in [4.78, 5) is 12.9. The van der Waals surface area contributed by atoms with Crippen molar-refractivity contribution in [2.75, 3.05) is 6.54 Å². The second-order valence-corrected chi connectivity index (χ2v) is 7.62. The van der Waals surface area contributed by atoms with Crippen molar-refractivity contribution in [1.29, 1.82) is 0 Å². The molecule has 1 heterocycles. The lowest BCUT2D eigenvalue weighted by molar-refractivity contribution is -0.0669. The Bertz CT molecular complexity index is 459. The number of hydrogen-bond donors (Lipinski definition) is 2. The van der Waals surface area contributed by atoms with Crippen molar-refractivity contribution >= 4 is 17.0 Å². The third kappa shape index (κ3) is 4.96. The minimum atomic E-state index is -5.35. The minimum absolute atomic E-state index is 0.0347. The Labute approximate surface area is 128 Å². The molecular weight excluding hydrogens is 327 g/mol. The molecule has 0 bridgehead atoms. The number of alkyl halides is 3. The summed E-state index contributed by atoms with van der Waals surface area (Å²) in [5.74, 6) is -0.600. The van der Waals surface area contributed by atoms with E-state index in [2.05, 4.69) is 4.18 Å². The number of nitrogens with zero attached hydrogens (tertiary/aromatic N) is 1. The third-order valence-corrected chi connectivity index (χ3v) is 3.58. The van der Waals surface area contributed by atoms with Gasteiger partial charge in [0, 0.05) is 6.54 Å². The molecule has 0 saturated carbocycles. The summed E-state index contributed by atoms with van der Waals surface area (Å²) in [5.41, 5.74) is -6.20. The van der Waals surface area contributed by atoms with Crippen molar-refractivity contribution in [3.8, 4) is 0 Å². The van der Waals surface area contributed by atoms with Crippen LogP contribution in [0.3, 0.4) is 0 Å². The number of hydrogen-bond acceptors (Lipinski definition) is 5. The summed E-state index contributed by atoms with van der Waals surface area (Å²) in [6.07, 6.45) is 0.628. The highest BCUT2D eigenvalue weighted by molar-refractivity contribution is 8.21. The number of rotatable bonds is 2. The average molecular weight is 347 g/mol. The Kier molecular flexibility index (Phi) is 5.30. The van der Waals surface area contributed by atoms with E-state index in [-0.39, 0.29) is 12.5 Å². The molecule has 1 atom stereocenters. The molecule has 0 aliphatic carbocycles. The second-order valence-electron chi connectivity index (χ2n) is 6.00. The zero-order chi connectivity index (χ0) is 17.3. The smallest absolute Gasteiger partial charge is 0.443 e. The highest BCUT2D eigenvalue weighted by Gasteiger charge is 2.53. The van der Waals surface area contributed by atoms with Gasteiger partial charge in [-0.25, -0.2) is 9.69 Å².